The Morgan fingerprint density at radius 3 is 2.59 bits per heavy atom. The molecule has 0 fully saturated rings. The molecule has 3 amide bonds. The van der Waals surface area contributed by atoms with Gasteiger partial charge < -0.3 is 15.8 Å². The standard InChI is InChI=1S/C18H22N4O4S/c1-10-13(27-16(21-10)22-17(25)26-18(2,3)4)15(24)20-9-11-6-5-7-12(8-11)14(19)23/h5-8H,9H2,1-4H3,(H2,19,23)(H,20,24)(H,21,22,25). The zero-order valence-electron chi connectivity index (χ0n) is 15.6. The summed E-state index contributed by atoms with van der Waals surface area (Å²) in [6.07, 6.45) is -0.633. The number of nitrogens with one attached hydrogen (secondary N) is 2. The van der Waals surface area contributed by atoms with Gasteiger partial charge in [0.15, 0.2) is 5.13 Å². The number of rotatable bonds is 5. The van der Waals surface area contributed by atoms with Gasteiger partial charge in [0.05, 0.1) is 5.69 Å². The first kappa shape index (κ1) is 20.4. The molecule has 27 heavy (non-hydrogen) atoms. The van der Waals surface area contributed by atoms with E-state index in [-0.39, 0.29) is 17.6 Å². The van der Waals surface area contributed by atoms with Gasteiger partial charge >= 0.3 is 6.09 Å². The number of hydrogen-bond donors (Lipinski definition) is 3. The summed E-state index contributed by atoms with van der Waals surface area (Å²) in [6.45, 7) is 7.18. The molecule has 0 atom stereocenters. The number of nitrogens with two attached hydrogens (primary N) is 1. The maximum absolute atomic E-state index is 12.4. The van der Waals surface area contributed by atoms with Crippen molar-refractivity contribution in [3.05, 3.63) is 46.0 Å². The number of carbonyl (C=O) groups excluding carboxylic acids is 3. The van der Waals surface area contributed by atoms with Crippen LogP contribution in [0.25, 0.3) is 0 Å². The summed E-state index contributed by atoms with van der Waals surface area (Å²) in [6, 6.07) is 6.71. The van der Waals surface area contributed by atoms with Crippen molar-refractivity contribution in [1.82, 2.24) is 10.3 Å². The van der Waals surface area contributed by atoms with Crippen LogP contribution < -0.4 is 16.4 Å². The summed E-state index contributed by atoms with van der Waals surface area (Å²) in [5.41, 5.74) is 6.24. The zero-order valence-corrected chi connectivity index (χ0v) is 16.4. The van der Waals surface area contributed by atoms with Crippen LogP contribution in [0.4, 0.5) is 9.93 Å². The fraction of sp³-hybridized carbons (Fsp3) is 0.333. The minimum absolute atomic E-state index is 0.228. The third-order valence-corrected chi connectivity index (χ3v) is 4.35. The lowest BCUT2D eigenvalue weighted by molar-refractivity contribution is 0.0635. The second-order valence-electron chi connectivity index (χ2n) is 6.81. The number of nitrogens with zero attached hydrogens (tertiary/aromatic N) is 1. The van der Waals surface area contributed by atoms with Crippen molar-refractivity contribution in [1.29, 1.82) is 0 Å². The van der Waals surface area contributed by atoms with E-state index in [0.29, 0.717) is 16.1 Å². The smallest absolute Gasteiger partial charge is 0.413 e. The molecule has 2 aromatic rings. The highest BCUT2D eigenvalue weighted by molar-refractivity contribution is 7.17. The summed E-state index contributed by atoms with van der Waals surface area (Å²) >= 11 is 1.06. The maximum atomic E-state index is 12.4. The van der Waals surface area contributed by atoms with Gasteiger partial charge in [0.2, 0.25) is 5.91 Å². The van der Waals surface area contributed by atoms with Crippen LogP contribution in [0.15, 0.2) is 24.3 Å². The van der Waals surface area contributed by atoms with E-state index in [1.165, 1.54) is 0 Å². The van der Waals surface area contributed by atoms with Crippen LogP contribution in [0.3, 0.4) is 0 Å². The summed E-state index contributed by atoms with van der Waals surface area (Å²) in [5, 5.41) is 5.57. The van der Waals surface area contributed by atoms with Crippen molar-refractivity contribution in [2.75, 3.05) is 5.32 Å². The Bertz CT molecular complexity index is 870. The third kappa shape index (κ3) is 6.07. The summed E-state index contributed by atoms with van der Waals surface area (Å²) in [4.78, 5) is 40.0. The number of hydrogen-bond acceptors (Lipinski definition) is 6. The van der Waals surface area contributed by atoms with Crippen molar-refractivity contribution >= 4 is 34.4 Å². The van der Waals surface area contributed by atoms with Crippen LogP contribution in [0.1, 0.15) is 52.1 Å². The Kier molecular flexibility index (Phi) is 6.17. The van der Waals surface area contributed by atoms with Crippen LogP contribution in [0.5, 0.6) is 0 Å². The molecule has 144 valence electrons. The molecule has 0 bridgehead atoms. The molecule has 0 aliphatic heterocycles. The van der Waals surface area contributed by atoms with E-state index in [1.54, 1.807) is 52.0 Å². The van der Waals surface area contributed by atoms with Gasteiger partial charge in [0.25, 0.3) is 5.91 Å². The number of anilines is 1. The maximum Gasteiger partial charge on any atom is 0.413 e. The fourth-order valence-corrected chi connectivity index (χ4v) is 3.02. The van der Waals surface area contributed by atoms with Crippen molar-refractivity contribution in [3.63, 3.8) is 0 Å². The SMILES string of the molecule is Cc1nc(NC(=O)OC(C)(C)C)sc1C(=O)NCc1cccc(C(N)=O)c1. The van der Waals surface area contributed by atoms with Crippen LogP contribution in [0.2, 0.25) is 0 Å². The first-order valence-corrected chi connectivity index (χ1v) is 9.01. The molecule has 8 nitrogen and oxygen atoms in total. The van der Waals surface area contributed by atoms with Gasteiger partial charge in [-0.05, 0) is 45.4 Å². The van der Waals surface area contributed by atoms with Gasteiger partial charge in [-0.25, -0.2) is 9.78 Å². The number of aryl methyl sites for hydroxylation is 1. The molecule has 4 N–H and O–H groups in total. The van der Waals surface area contributed by atoms with E-state index >= 15 is 0 Å². The molecule has 1 heterocycles. The Balaban J connectivity index is 2.01. The molecule has 1 aromatic heterocycles. The van der Waals surface area contributed by atoms with E-state index in [1.807, 2.05) is 0 Å². The molecule has 9 heteroatoms. The van der Waals surface area contributed by atoms with Gasteiger partial charge in [-0.15, -0.1) is 0 Å². The lowest BCUT2D eigenvalue weighted by atomic mass is 10.1. The summed E-state index contributed by atoms with van der Waals surface area (Å²) in [7, 11) is 0. The summed E-state index contributed by atoms with van der Waals surface area (Å²) < 4.78 is 5.17. The predicted molar refractivity (Wildman–Crippen MR) is 103 cm³/mol. The molecule has 0 spiro atoms. The minimum Gasteiger partial charge on any atom is -0.444 e. The molecule has 0 saturated carbocycles. The molecule has 0 saturated heterocycles. The number of benzene rings is 1. The Morgan fingerprint density at radius 2 is 1.96 bits per heavy atom. The quantitative estimate of drug-likeness (QED) is 0.724. The molecule has 0 aliphatic carbocycles. The van der Waals surface area contributed by atoms with Crippen LogP contribution in [-0.2, 0) is 11.3 Å². The average molecular weight is 390 g/mol. The van der Waals surface area contributed by atoms with Gasteiger partial charge in [0, 0.05) is 12.1 Å². The second-order valence-corrected chi connectivity index (χ2v) is 7.81. The van der Waals surface area contributed by atoms with E-state index in [2.05, 4.69) is 15.6 Å². The number of ether oxygens (including phenoxy) is 1. The molecule has 0 unspecified atom stereocenters. The van der Waals surface area contributed by atoms with Crippen LogP contribution in [-0.4, -0.2) is 28.5 Å². The molecule has 0 radical (unpaired) electrons. The van der Waals surface area contributed by atoms with Gasteiger partial charge in [-0.1, -0.05) is 23.5 Å². The number of amides is 3. The molecule has 2 rings (SSSR count). The fourth-order valence-electron chi connectivity index (χ4n) is 2.15. The highest BCUT2D eigenvalue weighted by Crippen LogP contribution is 2.23. The van der Waals surface area contributed by atoms with Crippen molar-refractivity contribution in [3.8, 4) is 0 Å². The Hall–Kier alpha value is -2.94. The van der Waals surface area contributed by atoms with Gasteiger partial charge in [-0.2, -0.15) is 0 Å². The van der Waals surface area contributed by atoms with E-state index < -0.39 is 17.6 Å². The lowest BCUT2D eigenvalue weighted by Gasteiger charge is -2.18. The molecule has 0 aliphatic rings. The van der Waals surface area contributed by atoms with E-state index in [0.717, 1.165) is 16.9 Å². The average Bonchev–Trinajstić information content (AvgIpc) is 2.91. The van der Waals surface area contributed by atoms with Crippen LogP contribution in [0, 0.1) is 6.92 Å². The second kappa shape index (κ2) is 8.17. The van der Waals surface area contributed by atoms with Gasteiger partial charge in [0.1, 0.15) is 10.5 Å². The predicted octanol–water partition coefficient (Wildman–Crippen LogP) is 2.83. The van der Waals surface area contributed by atoms with Gasteiger partial charge in [-0.3, -0.25) is 14.9 Å². The highest BCUT2D eigenvalue weighted by Gasteiger charge is 2.20. The topological polar surface area (TPSA) is 123 Å². The normalized spacial score (nSPS) is 11.0. The first-order chi connectivity index (χ1) is 12.5. The van der Waals surface area contributed by atoms with Crippen LogP contribution >= 0.6 is 11.3 Å². The Labute approximate surface area is 161 Å². The summed E-state index contributed by atoms with van der Waals surface area (Å²) in [5.74, 6) is -0.856. The Morgan fingerprint density at radius 1 is 1.26 bits per heavy atom. The molecule has 1 aromatic carbocycles. The van der Waals surface area contributed by atoms with E-state index in [9.17, 15) is 14.4 Å². The lowest BCUT2D eigenvalue weighted by Crippen LogP contribution is -2.27. The molecular formula is C18H22N4O4S. The third-order valence-electron chi connectivity index (χ3n) is 3.28. The highest BCUT2D eigenvalue weighted by atomic mass is 32.1. The first-order valence-electron chi connectivity index (χ1n) is 8.19. The van der Waals surface area contributed by atoms with Crippen molar-refractivity contribution < 1.29 is 19.1 Å². The monoisotopic (exact) mass is 390 g/mol. The molecular weight excluding hydrogens is 368 g/mol. The number of carbonyl (C=O) groups is 3. The van der Waals surface area contributed by atoms with Crippen molar-refractivity contribution in [2.24, 2.45) is 5.73 Å². The largest absolute Gasteiger partial charge is 0.444 e. The zero-order chi connectivity index (χ0) is 20.2. The van der Waals surface area contributed by atoms with Crippen molar-refractivity contribution in [2.45, 2.75) is 39.8 Å². The minimum atomic E-state index is -0.633. The number of thiazole rings is 1. The van der Waals surface area contributed by atoms with E-state index in [4.69, 9.17) is 10.5 Å². The number of primary amides is 1. The number of aromatic nitrogens is 1.